The van der Waals surface area contributed by atoms with Crippen LogP contribution < -0.4 is 10.1 Å². The first-order chi connectivity index (χ1) is 9.24. The van der Waals surface area contributed by atoms with Crippen LogP contribution in [0.5, 0.6) is 5.75 Å². The minimum Gasteiger partial charge on any atom is -0.491 e. The van der Waals surface area contributed by atoms with Crippen LogP contribution in [0, 0.1) is 17.7 Å². The summed E-state index contributed by atoms with van der Waals surface area (Å²) in [6.07, 6.45) is 5.50. The van der Waals surface area contributed by atoms with Crippen LogP contribution in [0.4, 0.5) is 4.39 Å². The van der Waals surface area contributed by atoms with E-state index in [0.717, 1.165) is 18.4 Å². The van der Waals surface area contributed by atoms with Gasteiger partial charge >= 0.3 is 0 Å². The molecule has 0 unspecified atom stereocenters. The molecule has 0 amide bonds. The molecule has 19 heavy (non-hydrogen) atoms. The van der Waals surface area contributed by atoms with Gasteiger partial charge in [0.25, 0.3) is 0 Å². The van der Waals surface area contributed by atoms with Crippen LogP contribution in [-0.2, 0) is 0 Å². The van der Waals surface area contributed by atoms with Crippen molar-refractivity contribution in [3.63, 3.8) is 0 Å². The molecule has 1 aromatic carbocycles. The van der Waals surface area contributed by atoms with Crippen molar-refractivity contribution in [1.82, 2.24) is 5.32 Å². The fourth-order valence-corrected chi connectivity index (χ4v) is 2.83. The number of nitrogens with one attached hydrogen (secondary N) is 1. The summed E-state index contributed by atoms with van der Waals surface area (Å²) in [4.78, 5) is 0. The van der Waals surface area contributed by atoms with E-state index in [4.69, 9.17) is 16.3 Å². The Labute approximate surface area is 118 Å². The summed E-state index contributed by atoms with van der Waals surface area (Å²) in [6.45, 7) is 1.40. The van der Waals surface area contributed by atoms with E-state index in [1.54, 1.807) is 6.07 Å². The predicted octanol–water partition coefficient (Wildman–Crippen LogP) is 3.64. The van der Waals surface area contributed by atoms with Crippen LogP contribution in [-0.4, -0.2) is 19.2 Å². The van der Waals surface area contributed by atoms with Gasteiger partial charge in [-0.3, -0.25) is 0 Å². The van der Waals surface area contributed by atoms with Crippen molar-refractivity contribution in [3.05, 3.63) is 29.0 Å². The van der Waals surface area contributed by atoms with E-state index in [-0.39, 0.29) is 5.82 Å². The third-order valence-corrected chi connectivity index (χ3v) is 4.19. The lowest BCUT2D eigenvalue weighted by Gasteiger charge is -2.17. The molecular weight excluding hydrogens is 265 g/mol. The fourth-order valence-electron chi connectivity index (χ4n) is 2.61. The molecule has 0 saturated heterocycles. The summed E-state index contributed by atoms with van der Waals surface area (Å²) in [7, 11) is 0. The van der Waals surface area contributed by atoms with Crippen molar-refractivity contribution in [2.24, 2.45) is 11.8 Å². The number of hydrogen-bond acceptors (Lipinski definition) is 2. The van der Waals surface area contributed by atoms with Crippen molar-refractivity contribution >= 4 is 11.6 Å². The number of benzene rings is 1. The van der Waals surface area contributed by atoms with E-state index in [2.05, 4.69) is 5.32 Å². The van der Waals surface area contributed by atoms with E-state index in [1.165, 1.54) is 37.8 Å². The number of halogens is 2. The third-order valence-electron chi connectivity index (χ3n) is 3.89. The molecule has 0 aromatic heterocycles. The molecule has 0 bridgehead atoms. The highest BCUT2D eigenvalue weighted by atomic mass is 35.5. The van der Waals surface area contributed by atoms with E-state index in [1.807, 2.05) is 0 Å². The predicted molar refractivity (Wildman–Crippen MR) is 74.1 cm³/mol. The molecule has 0 radical (unpaired) electrons. The fraction of sp³-hybridized carbons (Fsp3) is 0.600. The molecule has 0 aliphatic heterocycles. The van der Waals surface area contributed by atoms with Crippen LogP contribution in [0.15, 0.2) is 18.2 Å². The van der Waals surface area contributed by atoms with Gasteiger partial charge in [-0.1, -0.05) is 11.6 Å². The Morgan fingerprint density at radius 1 is 1.26 bits per heavy atom. The maximum atomic E-state index is 12.9. The SMILES string of the molecule is Fc1ccc(OCCNC(C2CC2)C2CC2)c(Cl)c1. The summed E-state index contributed by atoms with van der Waals surface area (Å²) >= 11 is 5.91. The molecule has 1 N–H and O–H groups in total. The summed E-state index contributed by atoms with van der Waals surface area (Å²) in [6, 6.07) is 4.91. The van der Waals surface area contributed by atoms with Crippen molar-refractivity contribution in [3.8, 4) is 5.75 Å². The molecule has 2 aliphatic carbocycles. The Morgan fingerprint density at radius 3 is 2.53 bits per heavy atom. The normalized spacial score (nSPS) is 18.9. The first kappa shape index (κ1) is 13.2. The molecule has 104 valence electrons. The lowest BCUT2D eigenvalue weighted by Crippen LogP contribution is -2.36. The molecule has 4 heteroatoms. The maximum Gasteiger partial charge on any atom is 0.138 e. The molecule has 2 nitrogen and oxygen atoms in total. The van der Waals surface area contributed by atoms with E-state index >= 15 is 0 Å². The molecule has 2 aliphatic rings. The zero-order valence-corrected chi connectivity index (χ0v) is 11.6. The summed E-state index contributed by atoms with van der Waals surface area (Å²) in [5.41, 5.74) is 0. The van der Waals surface area contributed by atoms with Gasteiger partial charge in [0.2, 0.25) is 0 Å². The highest BCUT2D eigenvalue weighted by Gasteiger charge is 2.40. The van der Waals surface area contributed by atoms with E-state index < -0.39 is 0 Å². The van der Waals surface area contributed by atoms with Crippen LogP contribution in [0.2, 0.25) is 5.02 Å². The Kier molecular flexibility index (Phi) is 3.94. The minimum atomic E-state index is -0.335. The van der Waals surface area contributed by atoms with Crippen LogP contribution in [0.25, 0.3) is 0 Å². The lowest BCUT2D eigenvalue weighted by atomic mass is 10.1. The van der Waals surface area contributed by atoms with Crippen molar-refractivity contribution < 1.29 is 9.13 Å². The number of ether oxygens (including phenoxy) is 1. The Bertz CT molecular complexity index is 434. The smallest absolute Gasteiger partial charge is 0.138 e. The van der Waals surface area contributed by atoms with Gasteiger partial charge in [-0.25, -0.2) is 4.39 Å². The Balaban J connectivity index is 1.42. The van der Waals surface area contributed by atoms with E-state index in [0.29, 0.717) is 23.4 Å². The molecule has 0 heterocycles. The van der Waals surface area contributed by atoms with Gasteiger partial charge in [0.15, 0.2) is 0 Å². The Hall–Kier alpha value is -0.800. The number of hydrogen-bond donors (Lipinski definition) is 1. The average Bonchev–Trinajstić information content (AvgIpc) is 3.26. The summed E-state index contributed by atoms with van der Waals surface area (Å²) in [5, 5.41) is 3.94. The van der Waals surface area contributed by atoms with Crippen LogP contribution >= 0.6 is 11.6 Å². The second-order valence-electron chi connectivity index (χ2n) is 5.58. The van der Waals surface area contributed by atoms with Crippen LogP contribution in [0.3, 0.4) is 0 Å². The first-order valence-electron chi connectivity index (χ1n) is 7.05. The molecular formula is C15H19ClFNO. The largest absolute Gasteiger partial charge is 0.491 e. The van der Waals surface area contributed by atoms with Gasteiger partial charge < -0.3 is 10.1 Å². The first-order valence-corrected chi connectivity index (χ1v) is 7.43. The minimum absolute atomic E-state index is 0.334. The summed E-state index contributed by atoms with van der Waals surface area (Å²) in [5.74, 6) is 2.00. The van der Waals surface area contributed by atoms with Gasteiger partial charge in [0.1, 0.15) is 18.2 Å². The van der Waals surface area contributed by atoms with Crippen molar-refractivity contribution in [2.75, 3.05) is 13.2 Å². The van der Waals surface area contributed by atoms with Crippen LogP contribution in [0.1, 0.15) is 25.7 Å². The monoisotopic (exact) mass is 283 g/mol. The van der Waals surface area contributed by atoms with Crippen molar-refractivity contribution in [2.45, 2.75) is 31.7 Å². The van der Waals surface area contributed by atoms with E-state index in [9.17, 15) is 4.39 Å². The molecule has 0 spiro atoms. The molecule has 2 saturated carbocycles. The molecule has 1 aromatic rings. The second-order valence-corrected chi connectivity index (χ2v) is 5.99. The zero-order valence-electron chi connectivity index (χ0n) is 10.9. The van der Waals surface area contributed by atoms with Gasteiger partial charge in [0, 0.05) is 12.6 Å². The topological polar surface area (TPSA) is 21.3 Å². The highest BCUT2D eigenvalue weighted by Crippen LogP contribution is 2.44. The molecule has 0 atom stereocenters. The summed E-state index contributed by atoms with van der Waals surface area (Å²) < 4.78 is 18.5. The standard InChI is InChI=1S/C15H19ClFNO/c16-13-9-12(17)5-6-14(13)19-8-7-18-15(10-1-2-10)11-3-4-11/h5-6,9-11,15,18H,1-4,7-8H2. The quantitative estimate of drug-likeness (QED) is 0.772. The lowest BCUT2D eigenvalue weighted by molar-refractivity contribution is 0.293. The second kappa shape index (κ2) is 5.68. The van der Waals surface area contributed by atoms with Gasteiger partial charge in [0.05, 0.1) is 5.02 Å². The van der Waals surface area contributed by atoms with Gasteiger partial charge in [-0.2, -0.15) is 0 Å². The zero-order chi connectivity index (χ0) is 13.2. The van der Waals surface area contributed by atoms with Gasteiger partial charge in [-0.05, 0) is 55.7 Å². The highest BCUT2D eigenvalue weighted by molar-refractivity contribution is 6.32. The maximum absolute atomic E-state index is 12.9. The Morgan fingerprint density at radius 2 is 1.95 bits per heavy atom. The third kappa shape index (κ3) is 3.61. The molecule has 2 fully saturated rings. The average molecular weight is 284 g/mol. The number of rotatable bonds is 7. The van der Waals surface area contributed by atoms with Gasteiger partial charge in [-0.15, -0.1) is 0 Å². The molecule has 3 rings (SSSR count). The van der Waals surface area contributed by atoms with Crippen molar-refractivity contribution in [1.29, 1.82) is 0 Å².